The Morgan fingerprint density at radius 1 is 1.29 bits per heavy atom. The molecule has 0 saturated heterocycles. The van der Waals surface area contributed by atoms with Crippen LogP contribution in [0.15, 0.2) is 24.3 Å². The Morgan fingerprint density at radius 3 is 2.35 bits per heavy atom. The first-order chi connectivity index (χ1) is 7.89. The Hall–Kier alpha value is -1.26. The number of carbonyl (C=O) groups is 1. The van der Waals surface area contributed by atoms with Gasteiger partial charge in [0.2, 0.25) is 5.91 Å². The zero-order valence-electron chi connectivity index (χ0n) is 9.20. The average Bonchev–Trinajstić information content (AvgIpc) is 2.13. The van der Waals surface area contributed by atoms with Gasteiger partial charge in [0.05, 0.1) is 5.92 Å². The first-order valence-corrected chi connectivity index (χ1v) is 5.61. The van der Waals surface area contributed by atoms with Gasteiger partial charge < -0.3 is 5.73 Å². The van der Waals surface area contributed by atoms with E-state index in [2.05, 4.69) is 0 Å². The normalized spacial score (nSPS) is 33.5. The van der Waals surface area contributed by atoms with Gasteiger partial charge in [-0.2, -0.15) is 13.2 Å². The maximum absolute atomic E-state index is 13.4. The number of allylic oxidation sites excluding steroid dienone is 3. The monoisotopic (exact) mass is 245 g/mol. The van der Waals surface area contributed by atoms with E-state index in [-0.39, 0.29) is 0 Å². The molecule has 1 saturated carbocycles. The molecule has 5 heteroatoms. The largest absolute Gasteiger partial charge is 0.399 e. The van der Waals surface area contributed by atoms with Crippen LogP contribution in [-0.4, -0.2) is 12.1 Å². The Labute approximate surface area is 97.4 Å². The number of primary amides is 1. The van der Waals surface area contributed by atoms with Gasteiger partial charge in [-0.3, -0.25) is 4.79 Å². The minimum atomic E-state index is -4.45. The minimum absolute atomic E-state index is 0.501. The van der Waals surface area contributed by atoms with Gasteiger partial charge in [0, 0.05) is 0 Å². The highest BCUT2D eigenvalue weighted by Crippen LogP contribution is 2.58. The van der Waals surface area contributed by atoms with Crippen molar-refractivity contribution in [1.82, 2.24) is 0 Å². The van der Waals surface area contributed by atoms with Crippen molar-refractivity contribution < 1.29 is 18.0 Å². The second-order valence-corrected chi connectivity index (χ2v) is 4.68. The van der Waals surface area contributed by atoms with E-state index in [1.165, 1.54) is 18.2 Å². The molecule has 2 nitrogen and oxygen atoms in total. The molecule has 2 rings (SSSR count). The number of nitrogens with two attached hydrogens (primary N) is 1. The highest BCUT2D eigenvalue weighted by Gasteiger charge is 2.63. The lowest BCUT2D eigenvalue weighted by Crippen LogP contribution is -2.54. The zero-order valence-corrected chi connectivity index (χ0v) is 9.20. The lowest BCUT2D eigenvalue weighted by Gasteiger charge is -2.48. The van der Waals surface area contributed by atoms with E-state index in [1.54, 1.807) is 0 Å². The molecule has 0 bridgehead atoms. The van der Waals surface area contributed by atoms with E-state index in [4.69, 9.17) is 5.73 Å². The molecule has 2 aliphatic carbocycles. The molecule has 0 aliphatic heterocycles. The van der Waals surface area contributed by atoms with Gasteiger partial charge in [0.15, 0.2) is 0 Å². The Bertz CT molecular complexity index is 382. The number of carbonyl (C=O) groups excluding carboxylic acids is 1. The standard InChI is InChI=1S/C12H14F3NO/c13-12(14,15)11(8-4-3-5-8)7-2-1-6-9(11)10(16)17/h1-2,6-9H,3-5H2,(H2,16,17). The molecular weight excluding hydrogens is 231 g/mol. The fourth-order valence-electron chi connectivity index (χ4n) is 2.76. The first kappa shape index (κ1) is 12.2. The summed E-state index contributed by atoms with van der Waals surface area (Å²) in [4.78, 5) is 11.3. The van der Waals surface area contributed by atoms with Crippen LogP contribution in [0.4, 0.5) is 13.2 Å². The van der Waals surface area contributed by atoms with Crippen LogP contribution in [0.25, 0.3) is 0 Å². The topological polar surface area (TPSA) is 43.1 Å². The molecule has 17 heavy (non-hydrogen) atoms. The second-order valence-electron chi connectivity index (χ2n) is 4.68. The SMILES string of the molecule is NC(=O)C1C=CC=CC1(C1CCC1)C(F)(F)F. The minimum Gasteiger partial charge on any atom is -0.369 e. The van der Waals surface area contributed by atoms with Crippen molar-refractivity contribution in [2.75, 3.05) is 0 Å². The summed E-state index contributed by atoms with van der Waals surface area (Å²) < 4.78 is 40.2. The fraction of sp³-hybridized carbons (Fsp3) is 0.583. The van der Waals surface area contributed by atoms with E-state index < -0.39 is 29.3 Å². The molecule has 0 radical (unpaired) electrons. The van der Waals surface area contributed by atoms with Crippen LogP contribution in [0.2, 0.25) is 0 Å². The molecule has 0 aromatic heterocycles. The van der Waals surface area contributed by atoms with Crippen molar-refractivity contribution in [2.24, 2.45) is 23.0 Å². The summed E-state index contributed by atoms with van der Waals surface area (Å²) in [6.45, 7) is 0. The summed E-state index contributed by atoms with van der Waals surface area (Å²) >= 11 is 0. The van der Waals surface area contributed by atoms with Gasteiger partial charge in [0.25, 0.3) is 0 Å². The van der Waals surface area contributed by atoms with Crippen LogP contribution in [-0.2, 0) is 4.79 Å². The first-order valence-electron chi connectivity index (χ1n) is 5.61. The van der Waals surface area contributed by atoms with Crippen LogP contribution in [0, 0.1) is 17.3 Å². The molecule has 2 aliphatic rings. The summed E-state index contributed by atoms with van der Waals surface area (Å²) in [6, 6.07) is 0. The van der Waals surface area contributed by atoms with Gasteiger partial charge in [-0.25, -0.2) is 0 Å². The number of amides is 1. The van der Waals surface area contributed by atoms with Gasteiger partial charge >= 0.3 is 6.18 Å². The molecule has 0 aromatic rings. The number of alkyl halides is 3. The molecule has 2 N–H and O–H groups in total. The summed E-state index contributed by atoms with van der Waals surface area (Å²) in [5.41, 5.74) is 3.04. The summed E-state index contributed by atoms with van der Waals surface area (Å²) in [5, 5.41) is 0. The van der Waals surface area contributed by atoms with E-state index in [1.807, 2.05) is 0 Å². The fourth-order valence-corrected chi connectivity index (χ4v) is 2.76. The van der Waals surface area contributed by atoms with Crippen LogP contribution in [0.3, 0.4) is 0 Å². The zero-order chi connectivity index (χ0) is 12.7. The predicted octanol–water partition coefficient (Wildman–Crippen LogP) is 2.56. The maximum atomic E-state index is 13.4. The van der Waals surface area contributed by atoms with Gasteiger partial charge in [-0.15, -0.1) is 0 Å². The van der Waals surface area contributed by atoms with E-state index in [0.717, 1.165) is 12.5 Å². The molecule has 2 unspecified atom stereocenters. The summed E-state index contributed by atoms with van der Waals surface area (Å²) in [5.74, 6) is -2.71. The number of hydrogen-bond donors (Lipinski definition) is 1. The Morgan fingerprint density at radius 2 is 1.94 bits per heavy atom. The third-order valence-electron chi connectivity index (χ3n) is 3.88. The van der Waals surface area contributed by atoms with Crippen molar-refractivity contribution in [3.63, 3.8) is 0 Å². The third kappa shape index (κ3) is 1.68. The van der Waals surface area contributed by atoms with E-state index >= 15 is 0 Å². The molecule has 0 heterocycles. The molecule has 1 amide bonds. The quantitative estimate of drug-likeness (QED) is 0.798. The lowest BCUT2D eigenvalue weighted by molar-refractivity contribution is -0.244. The number of halogens is 3. The number of rotatable bonds is 2. The van der Waals surface area contributed by atoms with Crippen LogP contribution in [0.5, 0.6) is 0 Å². The van der Waals surface area contributed by atoms with Crippen molar-refractivity contribution >= 4 is 5.91 Å². The average molecular weight is 245 g/mol. The van der Waals surface area contributed by atoms with Crippen molar-refractivity contribution in [3.05, 3.63) is 24.3 Å². The molecule has 0 aromatic carbocycles. The molecular formula is C12H14F3NO. The smallest absolute Gasteiger partial charge is 0.369 e. The molecule has 1 fully saturated rings. The van der Waals surface area contributed by atoms with Crippen molar-refractivity contribution in [2.45, 2.75) is 25.4 Å². The Balaban J connectivity index is 2.47. The van der Waals surface area contributed by atoms with Crippen molar-refractivity contribution in [1.29, 1.82) is 0 Å². The van der Waals surface area contributed by atoms with Crippen LogP contribution in [0.1, 0.15) is 19.3 Å². The molecule has 2 atom stereocenters. The van der Waals surface area contributed by atoms with E-state index in [9.17, 15) is 18.0 Å². The Kier molecular flexibility index (Phi) is 2.79. The van der Waals surface area contributed by atoms with E-state index in [0.29, 0.717) is 12.8 Å². The lowest BCUT2D eigenvalue weighted by atomic mass is 9.57. The van der Waals surface area contributed by atoms with Crippen LogP contribution < -0.4 is 5.73 Å². The van der Waals surface area contributed by atoms with Crippen molar-refractivity contribution in [3.8, 4) is 0 Å². The maximum Gasteiger partial charge on any atom is 0.399 e. The third-order valence-corrected chi connectivity index (χ3v) is 3.88. The van der Waals surface area contributed by atoms with Gasteiger partial charge in [-0.1, -0.05) is 30.7 Å². The summed E-state index contributed by atoms with van der Waals surface area (Å²) in [7, 11) is 0. The highest BCUT2D eigenvalue weighted by atomic mass is 19.4. The highest BCUT2D eigenvalue weighted by molar-refractivity contribution is 5.80. The predicted molar refractivity (Wildman–Crippen MR) is 56.8 cm³/mol. The number of hydrogen-bond acceptors (Lipinski definition) is 1. The van der Waals surface area contributed by atoms with Gasteiger partial charge in [-0.05, 0) is 18.8 Å². The molecule has 94 valence electrons. The van der Waals surface area contributed by atoms with Crippen LogP contribution >= 0.6 is 0 Å². The second kappa shape index (κ2) is 3.89. The molecule has 0 spiro atoms. The van der Waals surface area contributed by atoms with Gasteiger partial charge in [0.1, 0.15) is 5.41 Å². The summed E-state index contributed by atoms with van der Waals surface area (Å²) in [6.07, 6.45) is 2.55.